The zero-order valence-electron chi connectivity index (χ0n) is 12.2. The second-order valence-electron chi connectivity index (χ2n) is 5.12. The molecule has 0 spiro atoms. The number of fused-ring (bicyclic) bond motifs is 1. The molecule has 0 bridgehead atoms. The number of nitrogens with zero attached hydrogens (tertiary/aromatic N) is 3. The summed E-state index contributed by atoms with van der Waals surface area (Å²) in [6.07, 6.45) is 0. The molecule has 0 unspecified atom stereocenters. The van der Waals surface area contributed by atoms with Crippen LogP contribution in [0, 0.1) is 0 Å². The van der Waals surface area contributed by atoms with Crippen LogP contribution in [0.3, 0.4) is 0 Å². The van der Waals surface area contributed by atoms with Crippen molar-refractivity contribution in [3.05, 3.63) is 72.4 Å². The summed E-state index contributed by atoms with van der Waals surface area (Å²) in [7, 11) is 0. The first kappa shape index (κ1) is 13.5. The molecular weight excluding hydrogens is 290 g/mol. The van der Waals surface area contributed by atoms with Crippen LogP contribution < -0.4 is 5.01 Å². The van der Waals surface area contributed by atoms with Gasteiger partial charge in [-0.1, -0.05) is 42.5 Å². The molecule has 1 aliphatic rings. The Labute approximate surface area is 132 Å². The number of benzene rings is 2. The molecule has 0 saturated carbocycles. The van der Waals surface area contributed by atoms with E-state index in [1.807, 2.05) is 66.7 Å². The van der Waals surface area contributed by atoms with Crippen molar-refractivity contribution in [3.8, 4) is 0 Å². The molecular formula is C18H13N3O2. The van der Waals surface area contributed by atoms with E-state index < -0.39 is 0 Å². The molecule has 112 valence electrons. The van der Waals surface area contributed by atoms with E-state index in [1.54, 1.807) is 0 Å². The maximum atomic E-state index is 12.1. The first-order valence-electron chi connectivity index (χ1n) is 7.27. The van der Waals surface area contributed by atoms with E-state index in [0.29, 0.717) is 17.3 Å². The lowest BCUT2D eigenvalue weighted by atomic mass is 10.2. The highest BCUT2D eigenvalue weighted by Crippen LogP contribution is 2.19. The molecule has 0 N–H and O–H groups in total. The molecule has 3 aromatic rings. The molecule has 1 amide bonds. The number of ether oxygens (including phenoxy) is 1. The zero-order valence-corrected chi connectivity index (χ0v) is 12.2. The normalized spacial score (nSPS) is 14.5. The van der Waals surface area contributed by atoms with Crippen LogP contribution in [0.4, 0.5) is 5.69 Å². The number of carbonyl (C=O) groups is 1. The summed E-state index contributed by atoms with van der Waals surface area (Å²) in [5.41, 5.74) is 2.18. The van der Waals surface area contributed by atoms with Crippen LogP contribution in [-0.4, -0.2) is 23.4 Å². The smallest absolute Gasteiger partial charge is 0.285 e. The average Bonchev–Trinajstić information content (AvgIpc) is 2.62. The second-order valence-corrected chi connectivity index (χ2v) is 5.12. The highest BCUT2D eigenvalue weighted by Gasteiger charge is 2.24. The Hall–Kier alpha value is -3.21. The van der Waals surface area contributed by atoms with Gasteiger partial charge in [0, 0.05) is 5.39 Å². The van der Waals surface area contributed by atoms with Gasteiger partial charge >= 0.3 is 0 Å². The standard InChI is InChI=1S/C18H13N3O2/c22-17-12-23-18(20-21(17)14-7-2-1-3-8-14)16-11-10-13-6-4-5-9-15(13)19-16/h1-11H,12H2. The van der Waals surface area contributed by atoms with E-state index in [-0.39, 0.29) is 12.5 Å². The molecule has 2 aromatic carbocycles. The zero-order chi connectivity index (χ0) is 15.6. The van der Waals surface area contributed by atoms with Crippen LogP contribution in [0.1, 0.15) is 5.69 Å². The molecule has 1 aromatic heterocycles. The number of carbonyl (C=O) groups excluding carboxylic acids is 1. The molecule has 0 atom stereocenters. The first-order chi connectivity index (χ1) is 11.3. The maximum absolute atomic E-state index is 12.1. The molecule has 0 aliphatic carbocycles. The monoisotopic (exact) mass is 303 g/mol. The van der Waals surface area contributed by atoms with Crippen molar-refractivity contribution in [3.63, 3.8) is 0 Å². The number of aromatic nitrogens is 1. The summed E-state index contributed by atoms with van der Waals surface area (Å²) in [5.74, 6) is 0.139. The highest BCUT2D eigenvalue weighted by atomic mass is 16.5. The molecule has 4 rings (SSSR count). The molecule has 0 radical (unpaired) electrons. The van der Waals surface area contributed by atoms with Gasteiger partial charge < -0.3 is 4.74 Å². The van der Waals surface area contributed by atoms with Crippen LogP contribution in [-0.2, 0) is 9.53 Å². The van der Waals surface area contributed by atoms with Gasteiger partial charge in [0.05, 0.1) is 11.2 Å². The van der Waals surface area contributed by atoms with Crippen LogP contribution >= 0.6 is 0 Å². The van der Waals surface area contributed by atoms with Crippen LogP contribution in [0.25, 0.3) is 10.9 Å². The second kappa shape index (κ2) is 5.53. The number of hydrogen-bond acceptors (Lipinski definition) is 4. The van der Waals surface area contributed by atoms with Crippen LogP contribution in [0.15, 0.2) is 71.8 Å². The van der Waals surface area contributed by atoms with Gasteiger partial charge in [-0.15, -0.1) is 5.10 Å². The third-order valence-electron chi connectivity index (χ3n) is 3.58. The number of pyridine rings is 1. The SMILES string of the molecule is O=C1COC(c2ccc3ccccc3n2)=NN1c1ccccc1. The Balaban J connectivity index is 1.76. The Morgan fingerprint density at radius 2 is 1.70 bits per heavy atom. The van der Waals surface area contributed by atoms with Crippen molar-refractivity contribution in [2.75, 3.05) is 11.6 Å². The predicted octanol–water partition coefficient (Wildman–Crippen LogP) is 2.96. The van der Waals surface area contributed by atoms with E-state index in [9.17, 15) is 4.79 Å². The van der Waals surface area contributed by atoms with Gasteiger partial charge in [0.15, 0.2) is 6.61 Å². The van der Waals surface area contributed by atoms with Gasteiger partial charge in [-0.3, -0.25) is 4.79 Å². The van der Waals surface area contributed by atoms with Crippen molar-refractivity contribution < 1.29 is 9.53 Å². The third kappa shape index (κ3) is 2.53. The van der Waals surface area contributed by atoms with Gasteiger partial charge in [0.1, 0.15) is 5.69 Å². The highest BCUT2D eigenvalue weighted by molar-refractivity contribution is 6.04. The summed E-state index contributed by atoms with van der Waals surface area (Å²) in [6, 6.07) is 20.9. The molecule has 0 saturated heterocycles. The fourth-order valence-electron chi connectivity index (χ4n) is 2.45. The van der Waals surface area contributed by atoms with Gasteiger partial charge in [0.2, 0.25) is 0 Å². The van der Waals surface area contributed by atoms with E-state index in [4.69, 9.17) is 4.74 Å². The van der Waals surface area contributed by atoms with Crippen molar-refractivity contribution in [2.24, 2.45) is 5.10 Å². The molecule has 1 aliphatic heterocycles. The molecule has 5 nitrogen and oxygen atoms in total. The average molecular weight is 303 g/mol. The summed E-state index contributed by atoms with van der Waals surface area (Å²) < 4.78 is 5.47. The molecule has 5 heteroatoms. The number of amides is 1. The van der Waals surface area contributed by atoms with Gasteiger partial charge in [-0.05, 0) is 24.3 Å². The Morgan fingerprint density at radius 3 is 2.57 bits per heavy atom. The summed E-state index contributed by atoms with van der Waals surface area (Å²) >= 11 is 0. The van der Waals surface area contributed by atoms with E-state index in [2.05, 4.69) is 10.1 Å². The van der Waals surface area contributed by atoms with E-state index >= 15 is 0 Å². The minimum atomic E-state index is -0.208. The van der Waals surface area contributed by atoms with Gasteiger partial charge in [0.25, 0.3) is 11.8 Å². The lowest BCUT2D eigenvalue weighted by Gasteiger charge is -2.23. The quantitative estimate of drug-likeness (QED) is 0.731. The van der Waals surface area contributed by atoms with Crippen LogP contribution in [0.5, 0.6) is 0 Å². The number of hydrazone groups is 1. The fourth-order valence-corrected chi connectivity index (χ4v) is 2.45. The van der Waals surface area contributed by atoms with Crippen LogP contribution in [0.2, 0.25) is 0 Å². The molecule has 23 heavy (non-hydrogen) atoms. The number of anilines is 1. The first-order valence-corrected chi connectivity index (χ1v) is 7.27. The Bertz CT molecular complexity index is 906. The summed E-state index contributed by atoms with van der Waals surface area (Å²) in [4.78, 5) is 16.6. The minimum Gasteiger partial charge on any atom is -0.465 e. The summed E-state index contributed by atoms with van der Waals surface area (Å²) in [5, 5.41) is 6.73. The van der Waals surface area contributed by atoms with Crippen molar-refractivity contribution in [1.82, 2.24) is 4.98 Å². The third-order valence-corrected chi connectivity index (χ3v) is 3.58. The van der Waals surface area contributed by atoms with Gasteiger partial charge in [-0.2, -0.15) is 5.01 Å². The number of para-hydroxylation sites is 2. The minimum absolute atomic E-state index is 0.0533. The lowest BCUT2D eigenvalue weighted by molar-refractivity contribution is -0.121. The topological polar surface area (TPSA) is 54.8 Å². The molecule has 2 heterocycles. The summed E-state index contributed by atoms with van der Waals surface area (Å²) in [6.45, 7) is -0.0533. The number of rotatable bonds is 2. The maximum Gasteiger partial charge on any atom is 0.285 e. The predicted molar refractivity (Wildman–Crippen MR) is 88.2 cm³/mol. The lowest BCUT2D eigenvalue weighted by Crippen LogP contribution is -2.37. The van der Waals surface area contributed by atoms with Gasteiger partial charge in [-0.25, -0.2) is 4.98 Å². The van der Waals surface area contributed by atoms with E-state index in [0.717, 1.165) is 10.9 Å². The van der Waals surface area contributed by atoms with Crippen molar-refractivity contribution >= 4 is 28.4 Å². The van der Waals surface area contributed by atoms with Crippen molar-refractivity contribution in [1.29, 1.82) is 0 Å². The Kier molecular flexibility index (Phi) is 3.24. The fraction of sp³-hybridized carbons (Fsp3) is 0.0556. The van der Waals surface area contributed by atoms with E-state index in [1.165, 1.54) is 5.01 Å². The Morgan fingerprint density at radius 1 is 0.913 bits per heavy atom. The van der Waals surface area contributed by atoms with Crippen molar-refractivity contribution in [2.45, 2.75) is 0 Å². The largest absolute Gasteiger partial charge is 0.465 e. The molecule has 0 fully saturated rings. The number of hydrogen-bond donors (Lipinski definition) is 0.